The molecule has 0 spiro atoms. The van der Waals surface area contributed by atoms with Gasteiger partial charge in [0, 0.05) is 25.7 Å². The Morgan fingerprint density at radius 2 is 1.65 bits per heavy atom. The van der Waals surface area contributed by atoms with Crippen molar-refractivity contribution in [2.24, 2.45) is 14.1 Å². The number of hydrogen-bond acceptors (Lipinski definition) is 3. The van der Waals surface area contributed by atoms with Crippen molar-refractivity contribution < 1.29 is 0 Å². The van der Waals surface area contributed by atoms with Gasteiger partial charge in [-0.1, -0.05) is 43.1 Å². The van der Waals surface area contributed by atoms with Gasteiger partial charge in [0.1, 0.15) is 0 Å². The number of benzene rings is 1. The van der Waals surface area contributed by atoms with Crippen LogP contribution < -0.4 is 16.9 Å². The predicted molar refractivity (Wildman–Crippen MR) is 102 cm³/mol. The van der Waals surface area contributed by atoms with Gasteiger partial charge in [0.15, 0.2) is 11.2 Å². The summed E-state index contributed by atoms with van der Waals surface area (Å²) < 4.78 is 5.30. The topological polar surface area (TPSA) is 70.9 Å². The fourth-order valence-electron chi connectivity index (χ4n) is 3.16. The standard InChI is InChI=1S/C18H21ClN4O3/c1-4-5-10-22-14-15(20(2)17(25)21(3)16(14)24)23(18(22)26)11-12-8-6-7-9-13(12)19/h6-9H,4-5,10-11H2,1-3H3. The van der Waals surface area contributed by atoms with Crippen molar-refractivity contribution in [1.29, 1.82) is 0 Å². The fraction of sp³-hybridized carbons (Fsp3) is 0.389. The smallest absolute Gasteiger partial charge is 0.286 e. The quantitative estimate of drug-likeness (QED) is 0.680. The van der Waals surface area contributed by atoms with Crippen LogP contribution >= 0.6 is 11.6 Å². The largest absolute Gasteiger partial charge is 0.332 e. The molecule has 0 atom stereocenters. The molecule has 0 aliphatic heterocycles. The molecule has 3 rings (SSSR count). The van der Waals surface area contributed by atoms with E-state index in [0.29, 0.717) is 17.2 Å². The van der Waals surface area contributed by atoms with E-state index in [0.717, 1.165) is 23.0 Å². The van der Waals surface area contributed by atoms with E-state index in [2.05, 4.69) is 0 Å². The first-order chi connectivity index (χ1) is 12.4. The van der Waals surface area contributed by atoms with Crippen LogP contribution in [0.5, 0.6) is 0 Å². The Kier molecular flexibility index (Phi) is 4.91. The Bertz CT molecular complexity index is 1150. The molecule has 0 fully saturated rings. The van der Waals surface area contributed by atoms with Crippen LogP contribution in [-0.4, -0.2) is 18.3 Å². The van der Waals surface area contributed by atoms with Crippen LogP contribution in [0.2, 0.25) is 5.02 Å². The van der Waals surface area contributed by atoms with E-state index in [1.807, 2.05) is 25.1 Å². The summed E-state index contributed by atoms with van der Waals surface area (Å²) in [6.07, 6.45) is 1.65. The van der Waals surface area contributed by atoms with Gasteiger partial charge in [0.25, 0.3) is 5.56 Å². The van der Waals surface area contributed by atoms with Crippen molar-refractivity contribution in [3.63, 3.8) is 0 Å². The predicted octanol–water partition coefficient (Wildman–Crippen LogP) is 1.70. The molecule has 1 aromatic carbocycles. The molecule has 3 aromatic rings. The van der Waals surface area contributed by atoms with E-state index in [1.54, 1.807) is 13.1 Å². The summed E-state index contributed by atoms with van der Waals surface area (Å²) in [5.74, 6) is 0. The average Bonchev–Trinajstić information content (AvgIpc) is 2.90. The first-order valence-corrected chi connectivity index (χ1v) is 8.88. The highest BCUT2D eigenvalue weighted by atomic mass is 35.5. The molecule has 0 N–H and O–H groups in total. The van der Waals surface area contributed by atoms with Gasteiger partial charge in [-0.25, -0.2) is 9.59 Å². The van der Waals surface area contributed by atoms with Crippen LogP contribution in [0.25, 0.3) is 11.2 Å². The van der Waals surface area contributed by atoms with Crippen LogP contribution in [-0.2, 0) is 27.2 Å². The molecule has 0 aliphatic rings. The molecule has 0 radical (unpaired) electrons. The van der Waals surface area contributed by atoms with Crippen molar-refractivity contribution in [3.8, 4) is 0 Å². The molecule has 0 unspecified atom stereocenters. The van der Waals surface area contributed by atoms with Gasteiger partial charge in [-0.3, -0.25) is 23.1 Å². The zero-order chi connectivity index (χ0) is 19.0. The van der Waals surface area contributed by atoms with Crippen molar-refractivity contribution in [3.05, 3.63) is 66.2 Å². The number of aryl methyl sites for hydroxylation is 2. The molecular weight excluding hydrogens is 356 g/mol. The van der Waals surface area contributed by atoms with Crippen LogP contribution in [0.3, 0.4) is 0 Å². The Balaban J connectivity index is 2.37. The summed E-state index contributed by atoms with van der Waals surface area (Å²) in [5, 5.41) is 0.530. The number of imidazole rings is 1. The third-order valence-electron chi connectivity index (χ3n) is 4.62. The lowest BCUT2D eigenvalue weighted by molar-refractivity contribution is 0.604. The lowest BCUT2D eigenvalue weighted by Crippen LogP contribution is -2.38. The molecule has 138 valence electrons. The molecule has 2 heterocycles. The Morgan fingerprint density at radius 3 is 2.31 bits per heavy atom. The summed E-state index contributed by atoms with van der Waals surface area (Å²) in [7, 11) is 2.99. The second kappa shape index (κ2) is 6.99. The summed E-state index contributed by atoms with van der Waals surface area (Å²) in [6.45, 7) is 2.63. The lowest BCUT2D eigenvalue weighted by Gasteiger charge is -2.09. The Labute approximate surface area is 154 Å². The normalized spacial score (nSPS) is 11.4. The first kappa shape index (κ1) is 18.3. The van der Waals surface area contributed by atoms with E-state index in [9.17, 15) is 14.4 Å². The van der Waals surface area contributed by atoms with Crippen molar-refractivity contribution in [2.45, 2.75) is 32.9 Å². The molecule has 0 saturated heterocycles. The molecule has 2 aromatic heterocycles. The molecule has 0 bridgehead atoms. The van der Waals surface area contributed by atoms with Crippen LogP contribution in [0, 0.1) is 0 Å². The SMILES string of the molecule is CCCCn1c(=O)n(Cc2ccccc2Cl)c2c1c(=O)n(C)c(=O)n2C. The number of rotatable bonds is 5. The number of hydrogen-bond donors (Lipinski definition) is 0. The highest BCUT2D eigenvalue weighted by molar-refractivity contribution is 6.31. The fourth-order valence-corrected chi connectivity index (χ4v) is 3.35. The second-order valence-corrected chi connectivity index (χ2v) is 6.75. The van der Waals surface area contributed by atoms with Gasteiger partial charge in [-0.2, -0.15) is 0 Å². The number of halogens is 1. The Morgan fingerprint density at radius 1 is 0.962 bits per heavy atom. The van der Waals surface area contributed by atoms with E-state index in [1.165, 1.54) is 20.7 Å². The minimum absolute atomic E-state index is 0.189. The molecule has 7 nitrogen and oxygen atoms in total. The summed E-state index contributed by atoms with van der Waals surface area (Å²) in [5.41, 5.74) is 0.0714. The van der Waals surface area contributed by atoms with Gasteiger partial charge in [-0.15, -0.1) is 0 Å². The third-order valence-corrected chi connectivity index (χ3v) is 4.99. The maximum absolute atomic E-state index is 13.1. The molecule has 0 aliphatic carbocycles. The van der Waals surface area contributed by atoms with Gasteiger partial charge < -0.3 is 0 Å². The van der Waals surface area contributed by atoms with Crippen LogP contribution in [0.1, 0.15) is 25.3 Å². The number of unbranched alkanes of at least 4 members (excludes halogenated alkanes) is 1. The van der Waals surface area contributed by atoms with E-state index < -0.39 is 11.2 Å². The maximum Gasteiger partial charge on any atom is 0.332 e. The average molecular weight is 377 g/mol. The van der Waals surface area contributed by atoms with Gasteiger partial charge in [0.2, 0.25) is 0 Å². The minimum atomic E-state index is -0.469. The number of nitrogens with zero attached hydrogens (tertiary/aromatic N) is 4. The van der Waals surface area contributed by atoms with Gasteiger partial charge in [0.05, 0.1) is 6.54 Å². The highest BCUT2D eigenvalue weighted by Crippen LogP contribution is 2.17. The second-order valence-electron chi connectivity index (χ2n) is 6.34. The van der Waals surface area contributed by atoms with Crippen molar-refractivity contribution in [2.75, 3.05) is 0 Å². The van der Waals surface area contributed by atoms with Crippen LogP contribution in [0.4, 0.5) is 0 Å². The van der Waals surface area contributed by atoms with Gasteiger partial charge in [-0.05, 0) is 18.1 Å². The molecule has 8 heteroatoms. The molecule has 0 saturated carbocycles. The number of fused-ring (bicyclic) bond motifs is 1. The first-order valence-electron chi connectivity index (χ1n) is 8.51. The molecule has 26 heavy (non-hydrogen) atoms. The number of aromatic nitrogens is 4. The zero-order valence-corrected chi connectivity index (χ0v) is 15.8. The van der Waals surface area contributed by atoms with Gasteiger partial charge >= 0.3 is 11.4 Å². The van der Waals surface area contributed by atoms with Crippen molar-refractivity contribution >= 4 is 22.8 Å². The van der Waals surface area contributed by atoms with Crippen LogP contribution in [0.15, 0.2) is 38.6 Å². The van der Waals surface area contributed by atoms with E-state index in [4.69, 9.17) is 11.6 Å². The molecule has 0 amide bonds. The van der Waals surface area contributed by atoms with E-state index in [-0.39, 0.29) is 17.8 Å². The monoisotopic (exact) mass is 376 g/mol. The third kappa shape index (κ3) is 2.82. The summed E-state index contributed by atoms with van der Waals surface area (Å²) in [4.78, 5) is 38.2. The molecular formula is C18H21ClN4O3. The lowest BCUT2D eigenvalue weighted by atomic mass is 10.2. The van der Waals surface area contributed by atoms with Crippen molar-refractivity contribution in [1.82, 2.24) is 18.3 Å². The zero-order valence-electron chi connectivity index (χ0n) is 15.0. The summed E-state index contributed by atoms with van der Waals surface area (Å²) in [6, 6.07) is 7.21. The summed E-state index contributed by atoms with van der Waals surface area (Å²) >= 11 is 6.24. The Hall–Kier alpha value is -2.54. The maximum atomic E-state index is 13.1. The minimum Gasteiger partial charge on any atom is -0.286 e. The highest BCUT2D eigenvalue weighted by Gasteiger charge is 2.21. The van der Waals surface area contributed by atoms with E-state index >= 15 is 0 Å².